The van der Waals surface area contributed by atoms with Gasteiger partial charge in [0.2, 0.25) is 0 Å². The fourth-order valence-corrected chi connectivity index (χ4v) is 3.88. The smallest absolute Gasteiger partial charge is 0.349 e. The van der Waals surface area contributed by atoms with Gasteiger partial charge in [-0.05, 0) is 68.1 Å². The molecule has 1 aromatic rings. The quantitative estimate of drug-likeness (QED) is 0.722. The normalized spacial score (nSPS) is 22.3. The summed E-state index contributed by atoms with van der Waals surface area (Å²) in [5.74, 6) is 1.22. The van der Waals surface area contributed by atoms with Gasteiger partial charge < -0.3 is 10.2 Å². The molecule has 1 N–H and O–H groups in total. The van der Waals surface area contributed by atoms with E-state index in [4.69, 9.17) is 12.2 Å². The molecule has 0 aliphatic heterocycles. The minimum Gasteiger partial charge on any atom is -0.349 e. The standard InChI is InChI=1S/C18H25F3N2S/c1-11-8-14(18(19,20)21)10-15(9-11)22-17(24)23(4)13(3)16-7-5-6-12(16)2/h8-10,12-13,16H,5-7H2,1-4H3,(H,22,24)/t12?,13-,16?/m0/s1. The first-order valence-electron chi connectivity index (χ1n) is 8.32. The monoisotopic (exact) mass is 358 g/mol. The van der Waals surface area contributed by atoms with Gasteiger partial charge in [0, 0.05) is 18.8 Å². The highest BCUT2D eigenvalue weighted by molar-refractivity contribution is 7.80. The van der Waals surface area contributed by atoms with Crippen molar-refractivity contribution in [2.45, 2.75) is 52.3 Å². The molecular formula is C18H25F3N2S. The Bertz CT molecular complexity index is 600. The van der Waals surface area contributed by atoms with E-state index in [0.29, 0.717) is 28.2 Å². The average Bonchev–Trinajstić information content (AvgIpc) is 2.90. The summed E-state index contributed by atoms with van der Waals surface area (Å²) in [7, 11) is 1.91. The Balaban J connectivity index is 2.10. The van der Waals surface area contributed by atoms with Gasteiger partial charge in [0.15, 0.2) is 5.11 Å². The highest BCUT2D eigenvalue weighted by Crippen LogP contribution is 2.35. The number of nitrogens with one attached hydrogen (secondary N) is 1. The predicted molar refractivity (Wildman–Crippen MR) is 96.1 cm³/mol. The topological polar surface area (TPSA) is 15.3 Å². The van der Waals surface area contributed by atoms with Gasteiger partial charge in [0.25, 0.3) is 0 Å². The number of hydrogen-bond acceptors (Lipinski definition) is 1. The van der Waals surface area contributed by atoms with Crippen LogP contribution in [0.15, 0.2) is 18.2 Å². The minimum atomic E-state index is -4.36. The third kappa shape index (κ3) is 4.41. The van der Waals surface area contributed by atoms with Gasteiger partial charge in [0.1, 0.15) is 0 Å². The van der Waals surface area contributed by atoms with Crippen molar-refractivity contribution in [3.63, 3.8) is 0 Å². The van der Waals surface area contributed by atoms with Crippen LogP contribution in [0.4, 0.5) is 18.9 Å². The first-order chi connectivity index (χ1) is 11.1. The lowest BCUT2D eigenvalue weighted by Crippen LogP contribution is -2.42. The molecule has 0 radical (unpaired) electrons. The summed E-state index contributed by atoms with van der Waals surface area (Å²) < 4.78 is 38.8. The molecule has 0 saturated heterocycles. The summed E-state index contributed by atoms with van der Waals surface area (Å²) in [6, 6.07) is 4.18. The number of benzene rings is 1. The molecule has 134 valence electrons. The molecule has 1 fully saturated rings. The lowest BCUT2D eigenvalue weighted by atomic mass is 9.90. The average molecular weight is 358 g/mol. The Morgan fingerprint density at radius 3 is 2.50 bits per heavy atom. The van der Waals surface area contributed by atoms with Crippen molar-refractivity contribution in [1.29, 1.82) is 0 Å². The number of hydrogen-bond donors (Lipinski definition) is 1. The Morgan fingerprint density at radius 2 is 1.96 bits per heavy atom. The summed E-state index contributed by atoms with van der Waals surface area (Å²) in [5.41, 5.74) is 0.272. The number of aryl methyl sites for hydroxylation is 1. The number of anilines is 1. The van der Waals surface area contributed by atoms with E-state index in [-0.39, 0.29) is 6.04 Å². The van der Waals surface area contributed by atoms with Crippen LogP contribution in [0.3, 0.4) is 0 Å². The largest absolute Gasteiger partial charge is 0.416 e. The Hall–Kier alpha value is -1.30. The van der Waals surface area contributed by atoms with Gasteiger partial charge in [0.05, 0.1) is 5.56 Å². The van der Waals surface area contributed by atoms with Crippen LogP contribution in [0.5, 0.6) is 0 Å². The van der Waals surface area contributed by atoms with Crippen LogP contribution in [0.1, 0.15) is 44.2 Å². The van der Waals surface area contributed by atoms with Crippen LogP contribution < -0.4 is 5.32 Å². The van der Waals surface area contributed by atoms with E-state index in [1.807, 2.05) is 11.9 Å². The SMILES string of the molecule is Cc1cc(NC(=S)N(C)[C@@H](C)C2CCCC2C)cc(C(F)(F)F)c1. The van der Waals surface area contributed by atoms with Gasteiger partial charge in [-0.1, -0.05) is 19.8 Å². The minimum absolute atomic E-state index is 0.259. The van der Waals surface area contributed by atoms with E-state index in [1.54, 1.807) is 13.0 Å². The van der Waals surface area contributed by atoms with Gasteiger partial charge in [-0.15, -0.1) is 0 Å². The highest BCUT2D eigenvalue weighted by atomic mass is 32.1. The summed E-state index contributed by atoms with van der Waals surface area (Å²) in [5, 5.41) is 3.43. The molecule has 2 rings (SSSR count). The maximum Gasteiger partial charge on any atom is 0.416 e. The van der Waals surface area contributed by atoms with E-state index < -0.39 is 11.7 Å². The van der Waals surface area contributed by atoms with Gasteiger partial charge in [-0.3, -0.25) is 0 Å². The van der Waals surface area contributed by atoms with E-state index in [9.17, 15) is 13.2 Å². The van der Waals surface area contributed by atoms with Crippen molar-refractivity contribution < 1.29 is 13.2 Å². The number of halogens is 3. The summed E-state index contributed by atoms with van der Waals surface area (Å²) >= 11 is 5.42. The zero-order valence-corrected chi connectivity index (χ0v) is 15.4. The van der Waals surface area contributed by atoms with Gasteiger partial charge in [-0.25, -0.2) is 0 Å². The van der Waals surface area contributed by atoms with Crippen LogP contribution in [-0.4, -0.2) is 23.1 Å². The van der Waals surface area contributed by atoms with Crippen LogP contribution in [0.2, 0.25) is 0 Å². The maximum atomic E-state index is 12.9. The second-order valence-electron chi connectivity index (χ2n) is 6.94. The molecular weight excluding hydrogens is 333 g/mol. The Kier molecular flexibility index (Phi) is 5.78. The predicted octanol–water partition coefficient (Wildman–Crippen LogP) is 5.47. The second-order valence-corrected chi connectivity index (χ2v) is 7.33. The fraction of sp³-hybridized carbons (Fsp3) is 0.611. The molecule has 0 spiro atoms. The maximum absolute atomic E-state index is 12.9. The van der Waals surface area contributed by atoms with E-state index in [2.05, 4.69) is 19.2 Å². The Labute approximate surface area is 147 Å². The second kappa shape index (κ2) is 7.30. The summed E-state index contributed by atoms with van der Waals surface area (Å²) in [6.07, 6.45) is -0.715. The van der Waals surface area contributed by atoms with Crippen molar-refractivity contribution in [3.8, 4) is 0 Å². The lowest BCUT2D eigenvalue weighted by molar-refractivity contribution is -0.137. The summed E-state index contributed by atoms with van der Waals surface area (Å²) in [6.45, 7) is 6.04. The lowest BCUT2D eigenvalue weighted by Gasteiger charge is -2.34. The van der Waals surface area contributed by atoms with Crippen molar-refractivity contribution in [2.75, 3.05) is 12.4 Å². The molecule has 1 aliphatic carbocycles. The molecule has 3 atom stereocenters. The van der Waals surface area contributed by atoms with Crippen molar-refractivity contribution in [2.24, 2.45) is 11.8 Å². The molecule has 0 aromatic heterocycles. The molecule has 1 aromatic carbocycles. The third-order valence-corrected chi connectivity index (χ3v) is 5.52. The number of nitrogens with zero attached hydrogens (tertiary/aromatic N) is 1. The molecule has 0 bridgehead atoms. The first kappa shape index (κ1) is 19.0. The van der Waals surface area contributed by atoms with Gasteiger partial charge in [-0.2, -0.15) is 13.2 Å². The van der Waals surface area contributed by atoms with Gasteiger partial charge >= 0.3 is 6.18 Å². The molecule has 1 saturated carbocycles. The zero-order chi connectivity index (χ0) is 18.1. The molecule has 0 amide bonds. The van der Waals surface area contributed by atoms with E-state index in [1.165, 1.54) is 19.3 Å². The van der Waals surface area contributed by atoms with Crippen LogP contribution in [-0.2, 0) is 6.18 Å². The zero-order valence-electron chi connectivity index (χ0n) is 14.6. The Morgan fingerprint density at radius 1 is 1.29 bits per heavy atom. The molecule has 2 nitrogen and oxygen atoms in total. The van der Waals surface area contributed by atoms with Crippen molar-refractivity contribution >= 4 is 23.0 Å². The molecule has 24 heavy (non-hydrogen) atoms. The van der Waals surface area contributed by atoms with Crippen LogP contribution in [0, 0.1) is 18.8 Å². The van der Waals surface area contributed by atoms with E-state index in [0.717, 1.165) is 12.1 Å². The number of thiocarbonyl (C=S) groups is 1. The first-order valence-corrected chi connectivity index (χ1v) is 8.73. The van der Waals surface area contributed by atoms with Crippen molar-refractivity contribution in [3.05, 3.63) is 29.3 Å². The highest BCUT2D eigenvalue weighted by Gasteiger charge is 2.32. The van der Waals surface area contributed by atoms with Crippen LogP contribution in [0.25, 0.3) is 0 Å². The third-order valence-electron chi connectivity index (χ3n) is 5.13. The van der Waals surface area contributed by atoms with E-state index >= 15 is 0 Å². The molecule has 1 aliphatic rings. The summed E-state index contributed by atoms with van der Waals surface area (Å²) in [4.78, 5) is 1.97. The molecule has 0 heterocycles. The molecule has 6 heteroatoms. The van der Waals surface area contributed by atoms with Crippen LogP contribution >= 0.6 is 12.2 Å². The fourth-order valence-electron chi connectivity index (χ4n) is 3.59. The molecule has 2 unspecified atom stereocenters. The number of rotatable bonds is 3. The number of alkyl halides is 3. The van der Waals surface area contributed by atoms with Crippen molar-refractivity contribution in [1.82, 2.24) is 4.90 Å².